The first-order chi connectivity index (χ1) is 14.3. The first kappa shape index (κ1) is 22.7. The normalized spacial score (nSPS) is 15.8. The molecule has 0 atom stereocenters. The van der Waals surface area contributed by atoms with Gasteiger partial charge in [-0.15, -0.1) is 19.7 Å². The van der Waals surface area contributed by atoms with Gasteiger partial charge in [0, 0.05) is 37.2 Å². The van der Waals surface area contributed by atoms with Crippen molar-refractivity contribution in [3.05, 3.63) is 57.8 Å². The minimum Gasteiger partial charge on any atom is -0.680 e. The molecule has 0 radical (unpaired) electrons. The van der Waals surface area contributed by atoms with Gasteiger partial charge in [0.15, 0.2) is 0 Å². The van der Waals surface area contributed by atoms with E-state index in [1.165, 1.54) is 23.8 Å². The molecule has 0 bridgehead atoms. The van der Waals surface area contributed by atoms with E-state index in [2.05, 4.69) is 35.8 Å². The average molecular weight is 487 g/mol. The molecule has 164 valence electrons. The molecular formula is C21H24BrF3N3O2-. The van der Waals surface area contributed by atoms with Crippen molar-refractivity contribution in [2.24, 2.45) is 0 Å². The largest absolute Gasteiger partial charge is 0.680 e. The quantitative estimate of drug-likeness (QED) is 0.515. The Morgan fingerprint density at radius 1 is 1.03 bits per heavy atom. The Labute approximate surface area is 182 Å². The average Bonchev–Trinajstić information content (AvgIpc) is 2.71. The molecule has 9 heteroatoms. The summed E-state index contributed by atoms with van der Waals surface area (Å²) < 4.78 is 47.9. The maximum absolute atomic E-state index is 12.5. The standard InChI is InChI=1S/C21H24BrF3N3O2/c1-29-17-6-7-18(22)16(14-17)15-28-12-10-27(11-13-28)9-8-26-19-4-2-3-5-20(19)30-21(23,24)25/h2-7,14H,8-13,15H2,1H3/q-1. The Bertz CT molecular complexity index is 827. The van der Waals surface area contributed by atoms with Crippen molar-refractivity contribution in [1.82, 2.24) is 9.80 Å². The van der Waals surface area contributed by atoms with E-state index in [4.69, 9.17) is 4.74 Å². The van der Waals surface area contributed by atoms with Gasteiger partial charge in [0.1, 0.15) is 11.5 Å². The van der Waals surface area contributed by atoms with Crippen LogP contribution in [-0.4, -0.2) is 62.5 Å². The third-order valence-electron chi connectivity index (χ3n) is 4.90. The highest BCUT2D eigenvalue weighted by molar-refractivity contribution is 9.10. The van der Waals surface area contributed by atoms with Crippen LogP contribution in [0.5, 0.6) is 11.5 Å². The lowest BCUT2D eigenvalue weighted by Gasteiger charge is -2.36. The molecule has 1 aliphatic rings. The fourth-order valence-corrected chi connectivity index (χ4v) is 3.69. The molecule has 1 saturated heterocycles. The maximum Gasteiger partial charge on any atom is 0.573 e. The minimum absolute atomic E-state index is 0.219. The smallest absolute Gasteiger partial charge is 0.573 e. The monoisotopic (exact) mass is 486 g/mol. The Hall–Kier alpha value is -1.97. The molecule has 3 rings (SSSR count). The summed E-state index contributed by atoms with van der Waals surface area (Å²) in [5.41, 5.74) is 1.40. The number of hydrogen-bond acceptors (Lipinski definition) is 4. The molecule has 1 fully saturated rings. The van der Waals surface area contributed by atoms with Gasteiger partial charge in [0.25, 0.3) is 0 Å². The van der Waals surface area contributed by atoms with Crippen molar-refractivity contribution in [3.8, 4) is 11.5 Å². The van der Waals surface area contributed by atoms with E-state index in [1.807, 2.05) is 18.2 Å². The Morgan fingerprint density at radius 2 is 1.73 bits per heavy atom. The number of halogens is 4. The van der Waals surface area contributed by atoms with Gasteiger partial charge in [0.2, 0.25) is 0 Å². The van der Waals surface area contributed by atoms with Gasteiger partial charge in [0.05, 0.1) is 7.11 Å². The predicted molar refractivity (Wildman–Crippen MR) is 113 cm³/mol. The summed E-state index contributed by atoms with van der Waals surface area (Å²) in [7, 11) is 1.66. The maximum atomic E-state index is 12.5. The number of piperazine rings is 1. The van der Waals surface area contributed by atoms with Gasteiger partial charge in [-0.1, -0.05) is 39.8 Å². The lowest BCUT2D eigenvalue weighted by molar-refractivity contribution is -0.274. The second-order valence-corrected chi connectivity index (χ2v) is 7.83. The first-order valence-electron chi connectivity index (χ1n) is 9.63. The number of nitrogens with zero attached hydrogens (tertiary/aromatic N) is 3. The van der Waals surface area contributed by atoms with Crippen molar-refractivity contribution >= 4 is 21.6 Å². The SMILES string of the molecule is COc1ccc(Br)c(CN2CCN(CC[N-]c3ccccc3OC(F)(F)F)CC2)c1. The van der Waals surface area contributed by atoms with E-state index in [0.717, 1.165) is 42.9 Å². The Kier molecular flexibility index (Phi) is 7.85. The Balaban J connectivity index is 1.44. The van der Waals surface area contributed by atoms with Crippen LogP contribution in [0.4, 0.5) is 18.9 Å². The van der Waals surface area contributed by atoms with Crippen LogP contribution in [0.3, 0.4) is 0 Å². The molecule has 30 heavy (non-hydrogen) atoms. The zero-order chi connectivity index (χ0) is 21.6. The third kappa shape index (κ3) is 6.78. The molecule has 2 aromatic carbocycles. The molecule has 0 amide bonds. The van der Waals surface area contributed by atoms with E-state index < -0.39 is 6.36 Å². The van der Waals surface area contributed by atoms with Gasteiger partial charge in [-0.2, -0.15) is 0 Å². The van der Waals surface area contributed by atoms with Crippen LogP contribution in [0.2, 0.25) is 0 Å². The number of methoxy groups -OCH3 is 1. The van der Waals surface area contributed by atoms with E-state index >= 15 is 0 Å². The summed E-state index contributed by atoms with van der Waals surface area (Å²) in [5.74, 6) is 0.571. The summed E-state index contributed by atoms with van der Waals surface area (Å²) >= 11 is 3.59. The van der Waals surface area contributed by atoms with Crippen LogP contribution in [0, 0.1) is 0 Å². The summed E-state index contributed by atoms with van der Waals surface area (Å²) in [6.45, 7) is 5.54. The number of rotatable bonds is 8. The van der Waals surface area contributed by atoms with Crippen molar-refractivity contribution in [2.45, 2.75) is 12.9 Å². The molecule has 0 aliphatic carbocycles. The second-order valence-electron chi connectivity index (χ2n) is 6.97. The van der Waals surface area contributed by atoms with Crippen LogP contribution in [0.15, 0.2) is 46.9 Å². The van der Waals surface area contributed by atoms with Gasteiger partial charge in [-0.25, -0.2) is 0 Å². The summed E-state index contributed by atoms with van der Waals surface area (Å²) in [5, 5.41) is 4.30. The molecule has 5 nitrogen and oxygen atoms in total. The highest BCUT2D eigenvalue weighted by Gasteiger charge is 2.31. The minimum atomic E-state index is -4.72. The first-order valence-corrected chi connectivity index (χ1v) is 10.4. The molecule has 2 aromatic rings. The van der Waals surface area contributed by atoms with E-state index in [-0.39, 0.29) is 11.4 Å². The highest BCUT2D eigenvalue weighted by atomic mass is 79.9. The summed E-state index contributed by atoms with van der Waals surface area (Å²) in [6.07, 6.45) is -4.72. The van der Waals surface area contributed by atoms with Crippen LogP contribution >= 0.6 is 15.9 Å². The van der Waals surface area contributed by atoms with Crippen molar-refractivity contribution in [2.75, 3.05) is 46.4 Å². The summed E-state index contributed by atoms with van der Waals surface area (Å²) in [6, 6.07) is 11.9. The highest BCUT2D eigenvalue weighted by Crippen LogP contribution is 2.34. The topological polar surface area (TPSA) is 39.0 Å². The third-order valence-corrected chi connectivity index (χ3v) is 5.67. The van der Waals surface area contributed by atoms with Crippen LogP contribution in [-0.2, 0) is 6.54 Å². The fourth-order valence-electron chi connectivity index (χ4n) is 3.32. The van der Waals surface area contributed by atoms with Gasteiger partial charge < -0.3 is 19.7 Å². The van der Waals surface area contributed by atoms with Gasteiger partial charge >= 0.3 is 6.36 Å². The number of para-hydroxylation sites is 2. The molecule has 0 N–H and O–H groups in total. The second kappa shape index (κ2) is 10.4. The molecule has 0 spiro atoms. The number of hydrogen-bond donors (Lipinski definition) is 0. The molecule has 0 aromatic heterocycles. The van der Waals surface area contributed by atoms with Crippen molar-refractivity contribution in [3.63, 3.8) is 0 Å². The van der Waals surface area contributed by atoms with Crippen LogP contribution < -0.4 is 9.47 Å². The molecule has 0 saturated carbocycles. The molecule has 0 unspecified atom stereocenters. The molecular weight excluding hydrogens is 463 g/mol. The Morgan fingerprint density at radius 3 is 2.43 bits per heavy atom. The van der Waals surface area contributed by atoms with E-state index in [0.29, 0.717) is 13.1 Å². The van der Waals surface area contributed by atoms with Crippen LogP contribution in [0.25, 0.3) is 5.32 Å². The van der Waals surface area contributed by atoms with Gasteiger partial charge in [-0.05, 0) is 36.4 Å². The number of alkyl halides is 3. The molecule has 1 heterocycles. The predicted octanol–water partition coefficient (Wildman–Crippen LogP) is 5.18. The summed E-state index contributed by atoms with van der Waals surface area (Å²) in [4.78, 5) is 4.65. The number of ether oxygens (including phenoxy) is 2. The van der Waals surface area contributed by atoms with Crippen molar-refractivity contribution in [1.29, 1.82) is 0 Å². The van der Waals surface area contributed by atoms with Crippen molar-refractivity contribution < 1.29 is 22.6 Å². The fraction of sp³-hybridized carbons (Fsp3) is 0.429. The number of benzene rings is 2. The van der Waals surface area contributed by atoms with Crippen LogP contribution in [0.1, 0.15) is 5.56 Å². The van der Waals surface area contributed by atoms with E-state index in [9.17, 15) is 13.2 Å². The lowest BCUT2D eigenvalue weighted by atomic mass is 10.2. The lowest BCUT2D eigenvalue weighted by Crippen LogP contribution is -2.46. The zero-order valence-corrected chi connectivity index (χ0v) is 18.2. The van der Waals surface area contributed by atoms with Gasteiger partial charge in [-0.3, -0.25) is 4.90 Å². The zero-order valence-electron chi connectivity index (χ0n) is 16.7. The van der Waals surface area contributed by atoms with E-state index in [1.54, 1.807) is 13.2 Å². The molecule has 1 aliphatic heterocycles.